The van der Waals surface area contributed by atoms with Gasteiger partial charge in [0.05, 0.1) is 5.41 Å². The van der Waals surface area contributed by atoms with Crippen molar-refractivity contribution < 1.29 is 9.59 Å². The van der Waals surface area contributed by atoms with Crippen LogP contribution in [0.15, 0.2) is 48.7 Å². The van der Waals surface area contributed by atoms with Gasteiger partial charge in [-0.2, -0.15) is 0 Å². The van der Waals surface area contributed by atoms with Gasteiger partial charge in [0.1, 0.15) is 5.82 Å². The molecule has 2 saturated heterocycles. The third-order valence-electron chi connectivity index (χ3n) is 6.54. The van der Waals surface area contributed by atoms with Gasteiger partial charge in [-0.25, -0.2) is 4.98 Å². The van der Waals surface area contributed by atoms with Crippen molar-refractivity contribution in [3.05, 3.63) is 59.8 Å². The Morgan fingerprint density at radius 1 is 1.13 bits per heavy atom. The number of anilines is 1. The molecule has 0 N–H and O–H groups in total. The minimum absolute atomic E-state index is 0.0584. The van der Waals surface area contributed by atoms with Gasteiger partial charge in [0.2, 0.25) is 5.91 Å². The average molecular weight is 407 g/mol. The van der Waals surface area contributed by atoms with Crippen molar-refractivity contribution >= 4 is 17.6 Å². The van der Waals surface area contributed by atoms with Crippen LogP contribution in [0, 0.1) is 18.3 Å². The number of rotatable bonds is 3. The van der Waals surface area contributed by atoms with Gasteiger partial charge in [0, 0.05) is 58.0 Å². The molecule has 0 aliphatic carbocycles. The van der Waals surface area contributed by atoms with E-state index in [0.717, 1.165) is 36.3 Å². The van der Waals surface area contributed by atoms with Crippen LogP contribution in [0.25, 0.3) is 0 Å². The number of likely N-dealkylation sites (tertiary alicyclic amines) is 1. The zero-order valence-corrected chi connectivity index (χ0v) is 18.0. The number of hydrogen-bond acceptors (Lipinski definition) is 4. The number of aryl methyl sites for hydroxylation is 1. The molecule has 1 aromatic carbocycles. The molecule has 1 aromatic heterocycles. The topological polar surface area (TPSA) is 56.8 Å². The fraction of sp³-hybridized carbons (Fsp3) is 0.458. The van der Waals surface area contributed by atoms with E-state index in [0.29, 0.717) is 19.6 Å². The maximum Gasteiger partial charge on any atom is 0.253 e. The van der Waals surface area contributed by atoms with Crippen molar-refractivity contribution in [2.45, 2.75) is 19.8 Å². The van der Waals surface area contributed by atoms with Gasteiger partial charge in [-0.05, 0) is 44.0 Å². The molecular weight excluding hydrogens is 376 g/mol. The predicted octanol–water partition coefficient (Wildman–Crippen LogP) is 2.84. The van der Waals surface area contributed by atoms with Crippen molar-refractivity contribution in [3.8, 4) is 0 Å². The Balaban J connectivity index is 1.64. The van der Waals surface area contributed by atoms with Crippen molar-refractivity contribution in [1.29, 1.82) is 0 Å². The van der Waals surface area contributed by atoms with Gasteiger partial charge < -0.3 is 14.7 Å². The number of nitrogens with zero attached hydrogens (tertiary/aromatic N) is 4. The summed E-state index contributed by atoms with van der Waals surface area (Å²) < 4.78 is 0. The normalized spacial score (nSPS) is 23.6. The summed E-state index contributed by atoms with van der Waals surface area (Å²) in [5, 5.41) is 0. The molecule has 2 aliphatic rings. The maximum atomic E-state index is 13.4. The van der Waals surface area contributed by atoms with E-state index in [1.807, 2.05) is 68.4 Å². The van der Waals surface area contributed by atoms with Crippen LogP contribution in [0.2, 0.25) is 0 Å². The molecule has 0 spiro atoms. The monoisotopic (exact) mass is 406 g/mol. The third kappa shape index (κ3) is 3.66. The standard InChI is InChI=1S/C24H30N4O2/c1-18-8-6-9-19(14-18)22(29)27-13-7-11-24(23(30)26(2)3)17-28(16-20(24)15-27)21-10-4-5-12-25-21/h4-6,8-10,12,14,20H,7,11,13,15-17H2,1-3H3/t20-,24-/m0/s1. The van der Waals surface area contributed by atoms with Gasteiger partial charge >= 0.3 is 0 Å². The minimum Gasteiger partial charge on any atom is -0.355 e. The summed E-state index contributed by atoms with van der Waals surface area (Å²) in [6, 6.07) is 13.6. The predicted molar refractivity (Wildman–Crippen MR) is 117 cm³/mol. The Bertz CT molecular complexity index is 930. The van der Waals surface area contributed by atoms with Gasteiger partial charge in [0.15, 0.2) is 0 Å². The van der Waals surface area contributed by atoms with E-state index >= 15 is 0 Å². The average Bonchev–Trinajstić information content (AvgIpc) is 3.02. The number of carbonyl (C=O) groups is 2. The van der Waals surface area contributed by atoms with E-state index in [-0.39, 0.29) is 17.7 Å². The first-order valence-electron chi connectivity index (χ1n) is 10.6. The first kappa shape index (κ1) is 20.4. The lowest BCUT2D eigenvalue weighted by Gasteiger charge is -2.34. The summed E-state index contributed by atoms with van der Waals surface area (Å²) in [5.74, 6) is 1.19. The highest BCUT2D eigenvalue weighted by Crippen LogP contribution is 2.45. The van der Waals surface area contributed by atoms with E-state index in [2.05, 4.69) is 9.88 Å². The molecule has 2 aliphatic heterocycles. The second kappa shape index (κ2) is 8.09. The molecule has 4 rings (SSSR count). The highest BCUT2D eigenvalue weighted by Gasteiger charge is 2.54. The second-order valence-corrected chi connectivity index (χ2v) is 8.85. The fourth-order valence-electron chi connectivity index (χ4n) is 5.09. The van der Waals surface area contributed by atoms with Crippen LogP contribution in [0.4, 0.5) is 5.82 Å². The number of benzene rings is 1. The van der Waals surface area contributed by atoms with Crippen LogP contribution in [0.3, 0.4) is 0 Å². The Morgan fingerprint density at radius 2 is 1.97 bits per heavy atom. The van der Waals surface area contributed by atoms with Crippen molar-refractivity contribution in [3.63, 3.8) is 0 Å². The van der Waals surface area contributed by atoms with E-state index in [4.69, 9.17) is 0 Å². The van der Waals surface area contributed by atoms with Crippen molar-refractivity contribution in [1.82, 2.24) is 14.8 Å². The molecule has 2 fully saturated rings. The first-order chi connectivity index (χ1) is 14.4. The van der Waals surface area contributed by atoms with E-state index < -0.39 is 5.41 Å². The number of pyridine rings is 1. The van der Waals surface area contributed by atoms with Gasteiger partial charge in [-0.1, -0.05) is 23.8 Å². The molecule has 2 aromatic rings. The number of hydrogen-bond donors (Lipinski definition) is 0. The molecule has 158 valence electrons. The molecule has 30 heavy (non-hydrogen) atoms. The van der Waals surface area contributed by atoms with Gasteiger partial charge in [-0.3, -0.25) is 9.59 Å². The van der Waals surface area contributed by atoms with Gasteiger partial charge in [-0.15, -0.1) is 0 Å². The van der Waals surface area contributed by atoms with Crippen LogP contribution in [0.5, 0.6) is 0 Å². The summed E-state index contributed by atoms with van der Waals surface area (Å²) in [6.07, 6.45) is 3.40. The number of amides is 2. The van der Waals surface area contributed by atoms with E-state index in [1.165, 1.54) is 0 Å². The largest absolute Gasteiger partial charge is 0.355 e. The maximum absolute atomic E-state index is 13.4. The van der Waals surface area contributed by atoms with Crippen LogP contribution in [-0.2, 0) is 4.79 Å². The van der Waals surface area contributed by atoms with Crippen LogP contribution < -0.4 is 4.90 Å². The van der Waals surface area contributed by atoms with Crippen molar-refractivity contribution in [2.24, 2.45) is 11.3 Å². The summed E-state index contributed by atoms with van der Waals surface area (Å²) in [7, 11) is 3.66. The first-order valence-corrected chi connectivity index (χ1v) is 10.6. The van der Waals surface area contributed by atoms with E-state index in [9.17, 15) is 9.59 Å². The minimum atomic E-state index is -0.483. The molecule has 0 radical (unpaired) electrons. The molecule has 2 amide bonds. The molecule has 3 heterocycles. The lowest BCUT2D eigenvalue weighted by atomic mass is 9.74. The van der Waals surface area contributed by atoms with Crippen LogP contribution in [0.1, 0.15) is 28.8 Å². The molecule has 0 unspecified atom stereocenters. The number of aromatic nitrogens is 1. The van der Waals surface area contributed by atoms with Crippen LogP contribution in [-0.4, -0.2) is 66.9 Å². The lowest BCUT2D eigenvalue weighted by molar-refractivity contribution is -0.141. The second-order valence-electron chi connectivity index (χ2n) is 8.85. The fourth-order valence-corrected chi connectivity index (χ4v) is 5.09. The number of carbonyl (C=O) groups excluding carboxylic acids is 2. The van der Waals surface area contributed by atoms with Gasteiger partial charge in [0.25, 0.3) is 5.91 Å². The molecule has 2 atom stereocenters. The molecular formula is C24H30N4O2. The summed E-state index contributed by atoms with van der Waals surface area (Å²) >= 11 is 0. The van der Waals surface area contributed by atoms with E-state index in [1.54, 1.807) is 11.1 Å². The Morgan fingerprint density at radius 3 is 2.67 bits per heavy atom. The highest BCUT2D eigenvalue weighted by molar-refractivity contribution is 5.94. The molecule has 6 nitrogen and oxygen atoms in total. The zero-order valence-electron chi connectivity index (χ0n) is 18.0. The van der Waals surface area contributed by atoms with Crippen LogP contribution >= 0.6 is 0 Å². The molecule has 6 heteroatoms. The Hall–Kier alpha value is -2.89. The quantitative estimate of drug-likeness (QED) is 0.787. The van der Waals surface area contributed by atoms with Crippen molar-refractivity contribution in [2.75, 3.05) is 45.2 Å². The molecule has 0 bridgehead atoms. The summed E-state index contributed by atoms with van der Waals surface area (Å²) in [6.45, 7) is 4.67. The highest BCUT2D eigenvalue weighted by atomic mass is 16.2. The Labute approximate surface area is 178 Å². The number of fused-ring (bicyclic) bond motifs is 1. The SMILES string of the molecule is Cc1cccc(C(=O)N2CCC[C@]3(C(=O)N(C)C)CN(c4ccccn4)C[C@@H]3C2)c1. The lowest BCUT2D eigenvalue weighted by Crippen LogP contribution is -2.47. The smallest absolute Gasteiger partial charge is 0.253 e. The summed E-state index contributed by atoms with van der Waals surface area (Å²) in [4.78, 5) is 37.0. The third-order valence-corrected chi connectivity index (χ3v) is 6.54. The Kier molecular flexibility index (Phi) is 5.50. The summed E-state index contributed by atoms with van der Waals surface area (Å²) in [5.41, 5.74) is 1.32. The zero-order chi connectivity index (χ0) is 21.3. The molecule has 0 saturated carbocycles.